The van der Waals surface area contributed by atoms with Gasteiger partial charge in [-0.2, -0.15) is 0 Å². The molecule has 3 aromatic rings. The molecule has 1 aromatic heterocycles. The zero-order valence-electron chi connectivity index (χ0n) is 18.4. The number of nitrogens with zero attached hydrogens (tertiary/aromatic N) is 4. The van der Waals surface area contributed by atoms with Crippen LogP contribution in [0.1, 0.15) is 6.92 Å². The van der Waals surface area contributed by atoms with Gasteiger partial charge in [-0.15, -0.1) is 0 Å². The quantitative estimate of drug-likeness (QED) is 0.508. The molecule has 1 aliphatic heterocycles. The first kappa shape index (κ1) is 23.1. The molecule has 0 N–H and O–H groups in total. The Hall–Kier alpha value is -3.03. The van der Waals surface area contributed by atoms with Crippen LogP contribution >= 0.6 is 23.2 Å². The van der Waals surface area contributed by atoms with Crippen molar-refractivity contribution in [1.82, 2.24) is 14.9 Å². The molecule has 2 heterocycles. The van der Waals surface area contributed by atoms with Gasteiger partial charge in [-0.05, 0) is 49.4 Å². The molecule has 0 radical (unpaired) electrons. The molecule has 172 valence electrons. The molecule has 1 unspecified atom stereocenters. The van der Waals surface area contributed by atoms with Crippen molar-refractivity contribution in [3.8, 4) is 22.8 Å². The van der Waals surface area contributed by atoms with Crippen LogP contribution in [0.25, 0.3) is 11.3 Å². The van der Waals surface area contributed by atoms with Gasteiger partial charge < -0.3 is 19.3 Å². The summed E-state index contributed by atoms with van der Waals surface area (Å²) in [6, 6.07) is 14.7. The largest absolute Gasteiger partial charge is 0.497 e. The van der Waals surface area contributed by atoms with E-state index < -0.39 is 6.10 Å². The molecule has 1 amide bonds. The second-order valence-corrected chi connectivity index (χ2v) is 8.48. The number of methoxy groups -OCH3 is 1. The first-order chi connectivity index (χ1) is 15.9. The van der Waals surface area contributed by atoms with Crippen molar-refractivity contribution >= 4 is 34.9 Å². The Morgan fingerprint density at radius 2 is 1.73 bits per heavy atom. The minimum atomic E-state index is -0.657. The molecule has 2 aromatic carbocycles. The Bertz CT molecular complexity index is 1120. The van der Waals surface area contributed by atoms with E-state index in [1.54, 1.807) is 43.5 Å². The summed E-state index contributed by atoms with van der Waals surface area (Å²) in [6.45, 7) is 4.20. The van der Waals surface area contributed by atoms with Gasteiger partial charge >= 0.3 is 0 Å². The molecular weight excluding hydrogens is 463 g/mol. The van der Waals surface area contributed by atoms with E-state index in [1.165, 1.54) is 0 Å². The summed E-state index contributed by atoms with van der Waals surface area (Å²) in [5.41, 5.74) is 1.82. The molecule has 0 saturated carbocycles. The number of hydrogen-bond donors (Lipinski definition) is 0. The third kappa shape index (κ3) is 5.49. The fourth-order valence-corrected chi connectivity index (χ4v) is 4.12. The number of ether oxygens (including phenoxy) is 2. The fraction of sp³-hybridized carbons (Fsp3) is 0.292. The summed E-state index contributed by atoms with van der Waals surface area (Å²) < 4.78 is 11.0. The number of aromatic nitrogens is 2. The number of carbonyl (C=O) groups excluding carboxylic acids is 1. The fourth-order valence-electron chi connectivity index (χ4n) is 3.66. The standard InChI is InChI=1S/C24H24Cl2N4O3/c1-16(33-22-8-5-18(25)13-20(22)26)24(31)30-11-9-29(10-12-30)23-14-21(27-15-28-23)17-3-6-19(32-2)7-4-17/h3-8,13-16H,9-12H2,1-2H3. The Morgan fingerprint density at radius 1 is 1.00 bits per heavy atom. The normalized spacial score (nSPS) is 14.7. The van der Waals surface area contributed by atoms with Crippen molar-refractivity contribution in [3.63, 3.8) is 0 Å². The SMILES string of the molecule is COc1ccc(-c2cc(N3CCN(C(=O)C(C)Oc4ccc(Cl)cc4Cl)CC3)ncn2)cc1. The second kappa shape index (κ2) is 10.3. The molecule has 0 spiro atoms. The predicted molar refractivity (Wildman–Crippen MR) is 129 cm³/mol. The molecular formula is C24H24Cl2N4O3. The lowest BCUT2D eigenvalue weighted by atomic mass is 10.1. The number of halogens is 2. The monoisotopic (exact) mass is 486 g/mol. The zero-order valence-corrected chi connectivity index (χ0v) is 19.9. The number of anilines is 1. The highest BCUT2D eigenvalue weighted by atomic mass is 35.5. The van der Waals surface area contributed by atoms with Gasteiger partial charge in [0, 0.05) is 42.8 Å². The van der Waals surface area contributed by atoms with Gasteiger partial charge in [0.05, 0.1) is 17.8 Å². The molecule has 0 aliphatic carbocycles. The number of amides is 1. The van der Waals surface area contributed by atoms with E-state index in [-0.39, 0.29) is 5.91 Å². The van der Waals surface area contributed by atoms with E-state index >= 15 is 0 Å². The maximum atomic E-state index is 12.9. The average molecular weight is 487 g/mol. The van der Waals surface area contributed by atoms with Gasteiger partial charge in [0.2, 0.25) is 0 Å². The third-order valence-electron chi connectivity index (χ3n) is 5.50. The number of rotatable bonds is 6. The lowest BCUT2D eigenvalue weighted by Crippen LogP contribution is -2.52. The van der Waals surface area contributed by atoms with Crippen LogP contribution < -0.4 is 14.4 Å². The minimum Gasteiger partial charge on any atom is -0.497 e. The van der Waals surface area contributed by atoms with Gasteiger partial charge in [-0.25, -0.2) is 9.97 Å². The van der Waals surface area contributed by atoms with Gasteiger partial charge in [0.15, 0.2) is 6.10 Å². The van der Waals surface area contributed by atoms with Crippen molar-refractivity contribution in [3.05, 3.63) is 64.9 Å². The van der Waals surface area contributed by atoms with E-state index in [1.807, 2.05) is 30.3 Å². The second-order valence-electron chi connectivity index (χ2n) is 7.64. The van der Waals surface area contributed by atoms with E-state index in [9.17, 15) is 4.79 Å². The summed E-state index contributed by atoms with van der Waals surface area (Å²) in [5, 5.41) is 0.894. The van der Waals surface area contributed by atoms with Crippen LogP contribution in [0.5, 0.6) is 11.5 Å². The van der Waals surface area contributed by atoms with Crippen LogP contribution in [0.4, 0.5) is 5.82 Å². The number of piperazine rings is 1. The van der Waals surface area contributed by atoms with Gasteiger partial charge in [-0.3, -0.25) is 4.79 Å². The highest BCUT2D eigenvalue weighted by Crippen LogP contribution is 2.29. The van der Waals surface area contributed by atoms with Gasteiger partial charge in [0.25, 0.3) is 5.91 Å². The highest BCUT2D eigenvalue weighted by molar-refractivity contribution is 6.35. The van der Waals surface area contributed by atoms with Crippen molar-refractivity contribution in [2.24, 2.45) is 0 Å². The lowest BCUT2D eigenvalue weighted by Gasteiger charge is -2.36. The molecule has 4 rings (SSSR count). The number of benzene rings is 2. The zero-order chi connectivity index (χ0) is 23.4. The van der Waals surface area contributed by atoms with Crippen LogP contribution in [-0.4, -0.2) is 60.2 Å². The van der Waals surface area contributed by atoms with E-state index in [2.05, 4.69) is 14.9 Å². The molecule has 1 saturated heterocycles. The number of hydrogen-bond acceptors (Lipinski definition) is 6. The molecule has 33 heavy (non-hydrogen) atoms. The first-order valence-corrected chi connectivity index (χ1v) is 11.3. The Balaban J connectivity index is 1.36. The Labute approximate surface area is 202 Å². The minimum absolute atomic E-state index is 0.0812. The lowest BCUT2D eigenvalue weighted by molar-refractivity contribution is -0.138. The van der Waals surface area contributed by atoms with E-state index in [4.69, 9.17) is 32.7 Å². The summed E-state index contributed by atoms with van der Waals surface area (Å²) in [5.74, 6) is 1.99. The topological polar surface area (TPSA) is 67.8 Å². The molecule has 1 atom stereocenters. The molecule has 1 fully saturated rings. The Kier molecular flexibility index (Phi) is 7.20. The summed E-state index contributed by atoms with van der Waals surface area (Å²) in [4.78, 5) is 25.7. The summed E-state index contributed by atoms with van der Waals surface area (Å²) in [7, 11) is 1.64. The summed E-state index contributed by atoms with van der Waals surface area (Å²) in [6.07, 6.45) is 0.911. The molecule has 7 nitrogen and oxygen atoms in total. The van der Waals surface area contributed by atoms with Crippen LogP contribution in [0.15, 0.2) is 54.9 Å². The first-order valence-electron chi connectivity index (χ1n) is 10.6. The smallest absolute Gasteiger partial charge is 0.263 e. The maximum absolute atomic E-state index is 12.9. The van der Waals surface area contributed by atoms with Gasteiger partial charge in [0.1, 0.15) is 23.6 Å². The molecule has 1 aliphatic rings. The predicted octanol–water partition coefficient (Wildman–Crippen LogP) is 4.58. The number of carbonyl (C=O) groups is 1. The average Bonchev–Trinajstić information content (AvgIpc) is 2.85. The maximum Gasteiger partial charge on any atom is 0.263 e. The van der Waals surface area contributed by atoms with Crippen molar-refractivity contribution < 1.29 is 14.3 Å². The van der Waals surface area contributed by atoms with Gasteiger partial charge in [-0.1, -0.05) is 23.2 Å². The van der Waals surface area contributed by atoms with Crippen LogP contribution in [-0.2, 0) is 4.79 Å². The highest BCUT2D eigenvalue weighted by Gasteiger charge is 2.27. The van der Waals surface area contributed by atoms with Crippen LogP contribution in [0, 0.1) is 0 Å². The summed E-state index contributed by atoms with van der Waals surface area (Å²) >= 11 is 12.1. The third-order valence-corrected chi connectivity index (χ3v) is 6.03. The van der Waals surface area contributed by atoms with Crippen molar-refractivity contribution in [1.29, 1.82) is 0 Å². The van der Waals surface area contributed by atoms with E-state index in [0.29, 0.717) is 42.0 Å². The van der Waals surface area contributed by atoms with Crippen molar-refractivity contribution in [2.75, 3.05) is 38.2 Å². The van der Waals surface area contributed by atoms with Crippen molar-refractivity contribution in [2.45, 2.75) is 13.0 Å². The molecule has 9 heteroatoms. The van der Waals surface area contributed by atoms with Crippen LogP contribution in [0.2, 0.25) is 10.0 Å². The van der Waals surface area contributed by atoms with Crippen LogP contribution in [0.3, 0.4) is 0 Å². The Morgan fingerprint density at radius 3 is 2.39 bits per heavy atom. The molecule has 0 bridgehead atoms. The van der Waals surface area contributed by atoms with E-state index in [0.717, 1.165) is 22.8 Å².